The summed E-state index contributed by atoms with van der Waals surface area (Å²) in [5.74, 6) is 0.907. The van der Waals surface area contributed by atoms with E-state index in [0.717, 1.165) is 24.3 Å². The molecule has 0 saturated heterocycles. The third-order valence-corrected chi connectivity index (χ3v) is 5.06. The van der Waals surface area contributed by atoms with Crippen LogP contribution in [0.2, 0.25) is 0 Å². The van der Waals surface area contributed by atoms with Crippen LogP contribution in [0.4, 0.5) is 0 Å². The Hall–Kier alpha value is -2.33. The topological polar surface area (TPSA) is 33.3 Å². The van der Waals surface area contributed by atoms with E-state index in [1.165, 1.54) is 27.8 Å². The number of methoxy groups -OCH3 is 1. The second-order valence-electron chi connectivity index (χ2n) is 6.37. The molecule has 1 aliphatic heterocycles. The fourth-order valence-corrected chi connectivity index (χ4v) is 3.78. The maximum atomic E-state index is 5.47. The van der Waals surface area contributed by atoms with E-state index in [1.54, 1.807) is 7.11 Å². The van der Waals surface area contributed by atoms with Gasteiger partial charge in [0.05, 0.1) is 13.2 Å². The predicted molar refractivity (Wildman–Crippen MR) is 101 cm³/mol. The molecule has 2 aliphatic rings. The highest BCUT2D eigenvalue weighted by atomic mass is 32.1. The van der Waals surface area contributed by atoms with Gasteiger partial charge in [-0.2, -0.15) is 0 Å². The van der Waals surface area contributed by atoms with Gasteiger partial charge in [-0.25, -0.2) is 0 Å². The lowest BCUT2D eigenvalue weighted by molar-refractivity contribution is 0.414. The molecule has 2 N–H and O–H groups in total. The molecule has 0 amide bonds. The van der Waals surface area contributed by atoms with E-state index >= 15 is 0 Å². The minimum Gasteiger partial charge on any atom is -0.497 e. The van der Waals surface area contributed by atoms with Crippen LogP contribution in [0.25, 0.3) is 5.70 Å². The van der Waals surface area contributed by atoms with Gasteiger partial charge >= 0.3 is 0 Å². The van der Waals surface area contributed by atoms with Gasteiger partial charge in [-0.05, 0) is 66.9 Å². The van der Waals surface area contributed by atoms with Crippen LogP contribution >= 0.6 is 12.2 Å². The summed E-state index contributed by atoms with van der Waals surface area (Å²) >= 11 is 5.47. The molecule has 4 heteroatoms. The van der Waals surface area contributed by atoms with Crippen LogP contribution in [0, 0.1) is 6.92 Å². The second-order valence-corrected chi connectivity index (χ2v) is 6.77. The van der Waals surface area contributed by atoms with E-state index in [2.05, 4.69) is 54.0 Å². The molecule has 0 fully saturated rings. The van der Waals surface area contributed by atoms with E-state index in [1.807, 2.05) is 6.07 Å². The highest BCUT2D eigenvalue weighted by molar-refractivity contribution is 7.80. The van der Waals surface area contributed by atoms with Crippen molar-refractivity contribution in [3.8, 4) is 5.75 Å². The van der Waals surface area contributed by atoms with Gasteiger partial charge in [0, 0.05) is 11.3 Å². The Kier molecular flexibility index (Phi) is 3.77. The van der Waals surface area contributed by atoms with Crippen LogP contribution in [0.15, 0.2) is 48.0 Å². The molecule has 0 unspecified atom stereocenters. The van der Waals surface area contributed by atoms with Crippen LogP contribution < -0.4 is 15.4 Å². The van der Waals surface area contributed by atoms with Crippen molar-refractivity contribution in [3.63, 3.8) is 0 Å². The molecule has 0 bridgehead atoms. The SMILES string of the molecule is COc1ccc2c(c1)CCC1=C2NC(=S)N[C@@H]1c1ccc(C)cc1. The van der Waals surface area contributed by atoms with Gasteiger partial charge in [-0.15, -0.1) is 0 Å². The molecule has 122 valence electrons. The minimum absolute atomic E-state index is 0.143. The van der Waals surface area contributed by atoms with Crippen LogP contribution in [-0.4, -0.2) is 12.2 Å². The number of hydrogen-bond acceptors (Lipinski definition) is 2. The predicted octanol–water partition coefficient (Wildman–Crippen LogP) is 3.88. The molecule has 2 aromatic rings. The number of hydrogen-bond donors (Lipinski definition) is 2. The van der Waals surface area contributed by atoms with Crippen molar-refractivity contribution in [2.75, 3.05) is 7.11 Å². The van der Waals surface area contributed by atoms with Crippen LogP contribution in [0.1, 0.15) is 34.7 Å². The lowest BCUT2D eigenvalue weighted by Gasteiger charge is -2.36. The summed E-state index contributed by atoms with van der Waals surface area (Å²) in [5, 5.41) is 7.51. The highest BCUT2D eigenvalue weighted by Crippen LogP contribution is 2.39. The first-order valence-electron chi connectivity index (χ1n) is 8.20. The molecule has 24 heavy (non-hydrogen) atoms. The van der Waals surface area contributed by atoms with Crippen molar-refractivity contribution in [1.29, 1.82) is 0 Å². The molecule has 0 radical (unpaired) electrons. The van der Waals surface area contributed by atoms with Gasteiger partial charge in [-0.1, -0.05) is 29.8 Å². The molecular weight excluding hydrogens is 316 g/mol. The summed E-state index contributed by atoms with van der Waals surface area (Å²) in [6, 6.07) is 15.1. The Morgan fingerprint density at radius 2 is 1.88 bits per heavy atom. The normalized spacial score (nSPS) is 19.1. The van der Waals surface area contributed by atoms with Crippen molar-refractivity contribution in [3.05, 3.63) is 70.3 Å². The van der Waals surface area contributed by atoms with Crippen molar-refractivity contribution >= 4 is 23.0 Å². The van der Waals surface area contributed by atoms with E-state index in [9.17, 15) is 0 Å². The van der Waals surface area contributed by atoms with Crippen molar-refractivity contribution < 1.29 is 4.74 Å². The van der Waals surface area contributed by atoms with Crippen molar-refractivity contribution in [2.24, 2.45) is 0 Å². The lowest BCUT2D eigenvalue weighted by Crippen LogP contribution is -2.44. The number of fused-ring (bicyclic) bond motifs is 2. The fraction of sp³-hybridized carbons (Fsp3) is 0.250. The standard InChI is InChI=1S/C20H20N2OS/c1-12-3-5-13(6-4-12)18-17-9-7-14-11-15(23-2)8-10-16(14)19(17)22-20(24)21-18/h3-6,8,10-11,18H,7,9H2,1-2H3,(H2,21,22,24)/t18-/m1/s1. The third kappa shape index (κ3) is 2.57. The number of thiocarbonyl (C=S) groups is 1. The Labute approximate surface area is 147 Å². The zero-order valence-electron chi connectivity index (χ0n) is 13.8. The highest BCUT2D eigenvalue weighted by Gasteiger charge is 2.30. The zero-order chi connectivity index (χ0) is 16.7. The lowest BCUT2D eigenvalue weighted by atomic mass is 9.82. The first-order valence-corrected chi connectivity index (χ1v) is 8.61. The van der Waals surface area contributed by atoms with Gasteiger partial charge in [-0.3, -0.25) is 0 Å². The number of ether oxygens (including phenoxy) is 1. The molecule has 3 nitrogen and oxygen atoms in total. The van der Waals surface area contributed by atoms with Crippen LogP contribution in [0.3, 0.4) is 0 Å². The van der Waals surface area contributed by atoms with Crippen molar-refractivity contribution in [1.82, 2.24) is 10.6 Å². The first kappa shape index (κ1) is 15.2. The summed E-state index contributed by atoms with van der Waals surface area (Å²) in [6.45, 7) is 2.11. The van der Waals surface area contributed by atoms with Crippen LogP contribution in [-0.2, 0) is 6.42 Å². The van der Waals surface area contributed by atoms with E-state index in [4.69, 9.17) is 17.0 Å². The number of benzene rings is 2. The summed E-state index contributed by atoms with van der Waals surface area (Å²) in [6.07, 6.45) is 2.03. The Balaban J connectivity index is 1.81. The molecule has 4 rings (SSSR count). The molecule has 0 aromatic heterocycles. The molecule has 0 saturated carbocycles. The Bertz CT molecular complexity index is 839. The Morgan fingerprint density at radius 1 is 1.08 bits per heavy atom. The monoisotopic (exact) mass is 336 g/mol. The molecule has 1 atom stereocenters. The zero-order valence-corrected chi connectivity index (χ0v) is 14.7. The first-order chi connectivity index (χ1) is 11.7. The average Bonchev–Trinajstić information content (AvgIpc) is 2.61. The molecule has 2 aromatic carbocycles. The quantitative estimate of drug-likeness (QED) is 0.816. The summed E-state index contributed by atoms with van der Waals surface area (Å²) in [5.41, 5.74) is 7.61. The van der Waals surface area contributed by atoms with Gasteiger partial charge < -0.3 is 15.4 Å². The average molecular weight is 336 g/mol. The molecular formula is C20H20N2OS. The van der Waals surface area contributed by atoms with Crippen LogP contribution in [0.5, 0.6) is 5.75 Å². The number of nitrogens with one attached hydrogen (secondary N) is 2. The third-order valence-electron chi connectivity index (χ3n) is 4.84. The molecule has 1 aliphatic carbocycles. The van der Waals surface area contributed by atoms with Gasteiger partial charge in [0.25, 0.3) is 0 Å². The molecule has 1 heterocycles. The number of rotatable bonds is 2. The summed E-state index contributed by atoms with van der Waals surface area (Å²) in [4.78, 5) is 0. The van der Waals surface area contributed by atoms with Gasteiger partial charge in [0.2, 0.25) is 0 Å². The van der Waals surface area contributed by atoms with Gasteiger partial charge in [0.15, 0.2) is 5.11 Å². The van der Waals surface area contributed by atoms with E-state index in [0.29, 0.717) is 5.11 Å². The summed E-state index contributed by atoms with van der Waals surface area (Å²) < 4.78 is 5.36. The summed E-state index contributed by atoms with van der Waals surface area (Å²) in [7, 11) is 1.71. The maximum Gasteiger partial charge on any atom is 0.171 e. The van der Waals surface area contributed by atoms with Crippen molar-refractivity contribution in [2.45, 2.75) is 25.8 Å². The minimum atomic E-state index is 0.143. The van der Waals surface area contributed by atoms with E-state index in [-0.39, 0.29) is 6.04 Å². The fourth-order valence-electron chi connectivity index (χ4n) is 3.56. The van der Waals surface area contributed by atoms with Gasteiger partial charge in [0.1, 0.15) is 5.75 Å². The molecule has 0 spiro atoms. The maximum absolute atomic E-state index is 5.47. The van der Waals surface area contributed by atoms with E-state index < -0.39 is 0 Å². The largest absolute Gasteiger partial charge is 0.497 e. The second kappa shape index (κ2) is 5.95. The smallest absolute Gasteiger partial charge is 0.171 e. The number of aryl methyl sites for hydroxylation is 2. The Morgan fingerprint density at radius 3 is 2.62 bits per heavy atom.